The maximum absolute atomic E-state index is 12.6. The van der Waals surface area contributed by atoms with Crippen molar-refractivity contribution in [2.24, 2.45) is 5.92 Å². The van der Waals surface area contributed by atoms with Crippen molar-refractivity contribution in [3.05, 3.63) is 58.3 Å². The van der Waals surface area contributed by atoms with Gasteiger partial charge in [-0.1, -0.05) is 18.5 Å². The summed E-state index contributed by atoms with van der Waals surface area (Å²) in [4.78, 5) is 15.0. The Kier molecular flexibility index (Phi) is 5.69. The molecular formula is C21H22ClN5OS. The summed E-state index contributed by atoms with van der Waals surface area (Å²) in [7, 11) is 0. The minimum Gasteiger partial charge on any atom is -0.371 e. The zero-order valence-corrected chi connectivity index (χ0v) is 17.6. The minimum absolute atomic E-state index is 0.0681. The molecule has 1 aliphatic heterocycles. The summed E-state index contributed by atoms with van der Waals surface area (Å²) >= 11 is 11.3. The maximum atomic E-state index is 12.6. The van der Waals surface area contributed by atoms with E-state index < -0.39 is 0 Å². The molecule has 2 aromatic carbocycles. The monoisotopic (exact) mass is 427 g/mol. The number of halogens is 1. The number of benzene rings is 2. The van der Waals surface area contributed by atoms with Crippen LogP contribution in [-0.4, -0.2) is 33.8 Å². The van der Waals surface area contributed by atoms with E-state index in [2.05, 4.69) is 39.5 Å². The number of hydrogen-bond acceptors (Lipinski definition) is 4. The van der Waals surface area contributed by atoms with Crippen LogP contribution in [0.4, 0.5) is 11.4 Å². The number of hydrogen-bond donors (Lipinski definition) is 2. The molecule has 3 aromatic rings. The van der Waals surface area contributed by atoms with Gasteiger partial charge in [-0.25, -0.2) is 0 Å². The molecule has 1 fully saturated rings. The number of nitrogens with zero attached hydrogens (tertiary/aromatic N) is 3. The van der Waals surface area contributed by atoms with Crippen molar-refractivity contribution in [3.63, 3.8) is 0 Å². The van der Waals surface area contributed by atoms with E-state index in [9.17, 15) is 4.79 Å². The van der Waals surface area contributed by atoms with Gasteiger partial charge in [-0.3, -0.25) is 14.5 Å². The van der Waals surface area contributed by atoms with Crippen LogP contribution in [-0.2, 0) is 11.3 Å². The molecule has 0 aliphatic carbocycles. The molecule has 4 rings (SSSR count). The summed E-state index contributed by atoms with van der Waals surface area (Å²) in [6, 6.07) is 15.2. The summed E-state index contributed by atoms with van der Waals surface area (Å²) in [5, 5.41) is 10.6. The molecular weight excluding hydrogens is 406 g/mol. The van der Waals surface area contributed by atoms with Crippen molar-refractivity contribution in [2.45, 2.75) is 19.9 Å². The highest BCUT2D eigenvalue weighted by Gasteiger charge is 2.19. The van der Waals surface area contributed by atoms with Gasteiger partial charge in [-0.2, -0.15) is 5.10 Å². The van der Waals surface area contributed by atoms with Gasteiger partial charge in [0, 0.05) is 35.1 Å². The van der Waals surface area contributed by atoms with E-state index in [1.54, 1.807) is 16.7 Å². The number of amides is 1. The number of carbonyl (C=O) groups is 1. The van der Waals surface area contributed by atoms with Gasteiger partial charge in [0.15, 0.2) is 10.6 Å². The number of rotatable bonds is 5. The number of aromatic amines is 1. The summed E-state index contributed by atoms with van der Waals surface area (Å²) in [6.45, 7) is 4.50. The van der Waals surface area contributed by atoms with Crippen molar-refractivity contribution >= 4 is 41.1 Å². The van der Waals surface area contributed by atoms with Crippen molar-refractivity contribution < 1.29 is 4.79 Å². The molecule has 1 amide bonds. The standard InChI is InChI=1S/C21H22ClN5OS/c1-14-10-11-26(12-14)18-8-6-17(7-9-18)23-19(28)13-27-20(24-25-21(27)29)15-2-4-16(22)5-3-15/h2-9,14H,10-13H2,1H3,(H,23,28)(H,25,29). The highest BCUT2D eigenvalue weighted by Crippen LogP contribution is 2.25. The zero-order valence-electron chi connectivity index (χ0n) is 16.1. The first-order valence-corrected chi connectivity index (χ1v) is 10.3. The smallest absolute Gasteiger partial charge is 0.244 e. The van der Waals surface area contributed by atoms with Crippen molar-refractivity contribution in [1.29, 1.82) is 0 Å². The fourth-order valence-electron chi connectivity index (χ4n) is 3.55. The number of H-pyrrole nitrogens is 1. The average molecular weight is 428 g/mol. The van der Waals surface area contributed by atoms with Gasteiger partial charge >= 0.3 is 0 Å². The number of anilines is 2. The Bertz CT molecular complexity index is 1060. The molecule has 1 atom stereocenters. The maximum Gasteiger partial charge on any atom is 0.244 e. The van der Waals surface area contributed by atoms with Crippen LogP contribution in [0.15, 0.2) is 48.5 Å². The van der Waals surface area contributed by atoms with Crippen molar-refractivity contribution in [2.75, 3.05) is 23.3 Å². The van der Waals surface area contributed by atoms with Crippen LogP contribution in [0.1, 0.15) is 13.3 Å². The van der Waals surface area contributed by atoms with Gasteiger partial charge in [0.1, 0.15) is 6.54 Å². The lowest BCUT2D eigenvalue weighted by Crippen LogP contribution is -2.20. The quantitative estimate of drug-likeness (QED) is 0.577. The Morgan fingerprint density at radius 3 is 2.62 bits per heavy atom. The van der Waals surface area contributed by atoms with Gasteiger partial charge in [0.2, 0.25) is 5.91 Å². The van der Waals surface area contributed by atoms with Gasteiger partial charge in [-0.15, -0.1) is 0 Å². The molecule has 0 radical (unpaired) electrons. The molecule has 1 unspecified atom stereocenters. The van der Waals surface area contributed by atoms with E-state index in [1.165, 1.54) is 12.1 Å². The van der Waals surface area contributed by atoms with Gasteiger partial charge in [-0.05, 0) is 73.1 Å². The predicted octanol–water partition coefficient (Wildman–Crippen LogP) is 4.75. The van der Waals surface area contributed by atoms with Crippen LogP contribution < -0.4 is 10.2 Å². The van der Waals surface area contributed by atoms with Crippen LogP contribution >= 0.6 is 23.8 Å². The van der Waals surface area contributed by atoms with Crippen LogP contribution in [0.2, 0.25) is 5.02 Å². The molecule has 1 aliphatic rings. The second-order valence-electron chi connectivity index (χ2n) is 7.38. The molecule has 2 heterocycles. The first kappa shape index (κ1) is 19.7. The first-order chi connectivity index (χ1) is 14.0. The number of carbonyl (C=O) groups excluding carboxylic acids is 1. The largest absolute Gasteiger partial charge is 0.371 e. The third-order valence-electron chi connectivity index (χ3n) is 5.10. The second kappa shape index (κ2) is 8.39. The van der Waals surface area contributed by atoms with Gasteiger partial charge in [0.05, 0.1) is 0 Å². The molecule has 150 valence electrons. The number of nitrogens with one attached hydrogen (secondary N) is 2. The Hall–Kier alpha value is -2.64. The topological polar surface area (TPSA) is 66.0 Å². The molecule has 0 bridgehead atoms. The van der Waals surface area contributed by atoms with Crippen LogP contribution in [0.25, 0.3) is 11.4 Å². The van der Waals surface area contributed by atoms with Crippen LogP contribution in [0.5, 0.6) is 0 Å². The molecule has 1 saturated heterocycles. The zero-order chi connectivity index (χ0) is 20.4. The SMILES string of the molecule is CC1CCN(c2ccc(NC(=O)Cn3c(-c4ccc(Cl)cc4)n[nH]c3=S)cc2)C1. The number of aromatic nitrogens is 3. The molecule has 0 spiro atoms. The Balaban J connectivity index is 1.44. The average Bonchev–Trinajstić information content (AvgIpc) is 3.29. The molecule has 29 heavy (non-hydrogen) atoms. The Morgan fingerprint density at radius 2 is 1.97 bits per heavy atom. The molecule has 8 heteroatoms. The van der Waals surface area contributed by atoms with E-state index >= 15 is 0 Å². The van der Waals surface area contributed by atoms with E-state index in [1.807, 2.05) is 24.3 Å². The summed E-state index contributed by atoms with van der Waals surface area (Å²) in [6.07, 6.45) is 1.22. The molecule has 6 nitrogen and oxygen atoms in total. The van der Waals surface area contributed by atoms with E-state index in [0.29, 0.717) is 15.6 Å². The van der Waals surface area contributed by atoms with E-state index in [0.717, 1.165) is 30.3 Å². The van der Waals surface area contributed by atoms with Crippen molar-refractivity contribution in [3.8, 4) is 11.4 Å². The fraction of sp³-hybridized carbons (Fsp3) is 0.286. The third-order valence-corrected chi connectivity index (χ3v) is 5.67. The summed E-state index contributed by atoms with van der Waals surface area (Å²) < 4.78 is 2.07. The first-order valence-electron chi connectivity index (χ1n) is 9.55. The Morgan fingerprint density at radius 1 is 1.24 bits per heavy atom. The normalized spacial score (nSPS) is 16.2. The summed E-state index contributed by atoms with van der Waals surface area (Å²) in [5.74, 6) is 1.16. The lowest BCUT2D eigenvalue weighted by atomic mass is 10.2. The highest BCUT2D eigenvalue weighted by atomic mass is 35.5. The van der Waals surface area contributed by atoms with Gasteiger partial charge < -0.3 is 10.2 Å². The molecule has 2 N–H and O–H groups in total. The minimum atomic E-state index is -0.166. The van der Waals surface area contributed by atoms with Crippen molar-refractivity contribution in [1.82, 2.24) is 14.8 Å². The third kappa shape index (κ3) is 4.52. The summed E-state index contributed by atoms with van der Waals surface area (Å²) in [5.41, 5.74) is 2.78. The predicted molar refractivity (Wildman–Crippen MR) is 119 cm³/mol. The van der Waals surface area contributed by atoms with Crippen LogP contribution in [0.3, 0.4) is 0 Å². The second-order valence-corrected chi connectivity index (χ2v) is 8.20. The van der Waals surface area contributed by atoms with Crippen LogP contribution in [0, 0.1) is 10.7 Å². The lowest BCUT2D eigenvalue weighted by Gasteiger charge is -2.18. The van der Waals surface area contributed by atoms with E-state index in [-0.39, 0.29) is 12.5 Å². The molecule has 0 saturated carbocycles. The Labute approximate surface area is 179 Å². The molecule has 1 aromatic heterocycles. The van der Waals surface area contributed by atoms with E-state index in [4.69, 9.17) is 23.8 Å². The lowest BCUT2D eigenvalue weighted by molar-refractivity contribution is -0.116. The highest BCUT2D eigenvalue weighted by molar-refractivity contribution is 7.71. The van der Waals surface area contributed by atoms with Gasteiger partial charge in [0.25, 0.3) is 0 Å². The fourth-order valence-corrected chi connectivity index (χ4v) is 3.88.